The van der Waals surface area contributed by atoms with E-state index in [0.717, 1.165) is 0 Å². The molecule has 0 radical (unpaired) electrons. The van der Waals surface area contributed by atoms with E-state index in [2.05, 4.69) is 20.0 Å². The van der Waals surface area contributed by atoms with Crippen LogP contribution in [0.1, 0.15) is 5.82 Å². The Bertz CT molecular complexity index is 713. The Balaban J connectivity index is 2.18. The number of rotatable bonds is 5. The summed E-state index contributed by atoms with van der Waals surface area (Å²) in [5.41, 5.74) is 0. The lowest BCUT2D eigenvalue weighted by atomic mass is 10.4. The van der Waals surface area contributed by atoms with E-state index in [1.165, 1.54) is 12.3 Å². The van der Waals surface area contributed by atoms with Crippen molar-refractivity contribution in [1.29, 1.82) is 0 Å². The predicted octanol–water partition coefficient (Wildman–Crippen LogP) is 0.989. The van der Waals surface area contributed by atoms with E-state index < -0.39 is 10.0 Å². The Hall–Kier alpha value is -1.64. The van der Waals surface area contributed by atoms with Gasteiger partial charge in [-0.1, -0.05) is 11.6 Å². The molecule has 0 saturated carbocycles. The number of pyridine rings is 1. The molecule has 0 unspecified atom stereocenters. The Morgan fingerprint density at radius 1 is 1.40 bits per heavy atom. The zero-order chi connectivity index (χ0) is 14.8. The standard InChI is InChI=1S/C11H14ClN5O2S/c1-13-11-9(12)5-8(6-15-11)20(18,19)16-7-10-14-3-4-17(10)2/h3-6,16H,7H2,1-2H3,(H,13,15). The van der Waals surface area contributed by atoms with Crippen LogP contribution in [0.25, 0.3) is 0 Å². The van der Waals surface area contributed by atoms with E-state index in [1.54, 1.807) is 31.1 Å². The average molecular weight is 316 g/mol. The van der Waals surface area contributed by atoms with E-state index in [4.69, 9.17) is 11.6 Å². The number of nitrogens with one attached hydrogen (secondary N) is 2. The van der Waals surface area contributed by atoms with Crippen molar-refractivity contribution in [3.8, 4) is 0 Å². The summed E-state index contributed by atoms with van der Waals surface area (Å²) in [6.07, 6.45) is 4.59. The van der Waals surface area contributed by atoms with E-state index in [0.29, 0.717) is 11.6 Å². The second-order valence-electron chi connectivity index (χ2n) is 4.03. The highest BCUT2D eigenvalue weighted by atomic mass is 35.5. The van der Waals surface area contributed by atoms with Crippen LogP contribution >= 0.6 is 11.6 Å². The lowest BCUT2D eigenvalue weighted by molar-refractivity contribution is 0.577. The first kappa shape index (κ1) is 14.8. The molecular formula is C11H14ClN5O2S. The van der Waals surface area contributed by atoms with Crippen LogP contribution in [0.2, 0.25) is 5.02 Å². The van der Waals surface area contributed by atoms with E-state index in [9.17, 15) is 8.42 Å². The smallest absolute Gasteiger partial charge is 0.242 e. The highest BCUT2D eigenvalue weighted by Gasteiger charge is 2.17. The minimum Gasteiger partial charge on any atom is -0.372 e. The van der Waals surface area contributed by atoms with Crippen molar-refractivity contribution in [3.63, 3.8) is 0 Å². The zero-order valence-electron chi connectivity index (χ0n) is 11.0. The molecular weight excluding hydrogens is 302 g/mol. The van der Waals surface area contributed by atoms with Gasteiger partial charge in [0.15, 0.2) is 0 Å². The fourth-order valence-corrected chi connectivity index (χ4v) is 2.84. The third-order valence-corrected chi connectivity index (χ3v) is 4.36. The molecule has 2 N–H and O–H groups in total. The van der Waals surface area contributed by atoms with Gasteiger partial charge in [-0.05, 0) is 6.07 Å². The highest BCUT2D eigenvalue weighted by molar-refractivity contribution is 7.89. The summed E-state index contributed by atoms with van der Waals surface area (Å²) >= 11 is 5.93. The van der Waals surface area contributed by atoms with Crippen molar-refractivity contribution in [2.24, 2.45) is 7.05 Å². The van der Waals surface area contributed by atoms with Crippen molar-refractivity contribution in [3.05, 3.63) is 35.5 Å². The number of hydrogen-bond acceptors (Lipinski definition) is 5. The van der Waals surface area contributed by atoms with Crippen molar-refractivity contribution in [1.82, 2.24) is 19.3 Å². The van der Waals surface area contributed by atoms with Gasteiger partial charge >= 0.3 is 0 Å². The van der Waals surface area contributed by atoms with E-state index >= 15 is 0 Å². The summed E-state index contributed by atoms with van der Waals surface area (Å²) in [5.74, 6) is 1.04. The number of nitrogens with zero attached hydrogens (tertiary/aromatic N) is 3. The van der Waals surface area contributed by atoms with Crippen LogP contribution in [0.3, 0.4) is 0 Å². The van der Waals surface area contributed by atoms with Gasteiger partial charge in [-0.3, -0.25) is 0 Å². The van der Waals surface area contributed by atoms with Gasteiger partial charge in [-0.2, -0.15) is 0 Å². The Labute approximate surface area is 122 Å². The first-order valence-corrected chi connectivity index (χ1v) is 7.59. The van der Waals surface area contributed by atoms with Gasteiger partial charge in [-0.15, -0.1) is 0 Å². The van der Waals surface area contributed by atoms with Crippen LogP contribution in [0.4, 0.5) is 5.82 Å². The fraction of sp³-hybridized carbons (Fsp3) is 0.273. The van der Waals surface area contributed by atoms with Crippen molar-refractivity contribution in [2.45, 2.75) is 11.4 Å². The van der Waals surface area contributed by atoms with E-state index in [1.807, 2.05) is 0 Å². The molecule has 0 aromatic carbocycles. The van der Waals surface area contributed by atoms with Crippen LogP contribution in [-0.4, -0.2) is 30.0 Å². The number of halogens is 1. The van der Waals surface area contributed by atoms with Crippen LogP contribution < -0.4 is 10.0 Å². The molecule has 9 heteroatoms. The average Bonchev–Trinajstić information content (AvgIpc) is 2.82. The summed E-state index contributed by atoms with van der Waals surface area (Å²) in [6.45, 7) is 0.0945. The number of anilines is 1. The molecule has 0 bridgehead atoms. The molecule has 2 aromatic rings. The molecule has 0 saturated heterocycles. The van der Waals surface area contributed by atoms with Crippen LogP contribution in [0.15, 0.2) is 29.6 Å². The molecule has 20 heavy (non-hydrogen) atoms. The summed E-state index contributed by atoms with van der Waals surface area (Å²) in [5, 5.41) is 3.01. The number of hydrogen-bond donors (Lipinski definition) is 2. The van der Waals surface area contributed by atoms with Gasteiger partial charge in [0.2, 0.25) is 10.0 Å². The van der Waals surface area contributed by atoms with Gasteiger partial charge < -0.3 is 9.88 Å². The number of imidazole rings is 1. The second-order valence-corrected chi connectivity index (χ2v) is 6.20. The van der Waals surface area contributed by atoms with Gasteiger partial charge in [0.1, 0.15) is 16.5 Å². The quantitative estimate of drug-likeness (QED) is 0.859. The molecule has 0 aliphatic heterocycles. The predicted molar refractivity (Wildman–Crippen MR) is 76.0 cm³/mol. The molecule has 2 aromatic heterocycles. The number of sulfonamides is 1. The normalized spacial score (nSPS) is 11.6. The molecule has 0 atom stereocenters. The first-order chi connectivity index (χ1) is 9.44. The maximum Gasteiger partial charge on any atom is 0.242 e. The molecule has 2 rings (SSSR count). The van der Waals surface area contributed by atoms with Crippen LogP contribution in [0, 0.1) is 0 Å². The lowest BCUT2D eigenvalue weighted by Gasteiger charge is -2.08. The molecule has 0 spiro atoms. The van der Waals surface area contributed by atoms with Crippen molar-refractivity contribution < 1.29 is 8.42 Å². The van der Waals surface area contributed by atoms with Gasteiger partial charge in [-0.25, -0.2) is 23.1 Å². The largest absolute Gasteiger partial charge is 0.372 e. The first-order valence-electron chi connectivity index (χ1n) is 5.73. The topological polar surface area (TPSA) is 88.9 Å². The summed E-state index contributed by atoms with van der Waals surface area (Å²) in [4.78, 5) is 7.99. The molecule has 108 valence electrons. The monoisotopic (exact) mass is 315 g/mol. The minimum absolute atomic E-state index is 0.00992. The Morgan fingerprint density at radius 3 is 2.70 bits per heavy atom. The summed E-state index contributed by atoms with van der Waals surface area (Å²) < 4.78 is 28.4. The second kappa shape index (κ2) is 5.78. The molecule has 0 aliphatic rings. The van der Waals surface area contributed by atoms with Crippen molar-refractivity contribution in [2.75, 3.05) is 12.4 Å². The van der Waals surface area contributed by atoms with Gasteiger partial charge in [0, 0.05) is 32.7 Å². The van der Waals surface area contributed by atoms with Crippen LogP contribution in [0.5, 0.6) is 0 Å². The third-order valence-electron chi connectivity index (χ3n) is 2.70. The Kier molecular flexibility index (Phi) is 4.26. The maximum absolute atomic E-state index is 12.1. The molecule has 7 nitrogen and oxygen atoms in total. The van der Waals surface area contributed by atoms with Gasteiger partial charge in [0.05, 0.1) is 11.6 Å². The molecule has 2 heterocycles. The zero-order valence-corrected chi connectivity index (χ0v) is 12.5. The van der Waals surface area contributed by atoms with Crippen molar-refractivity contribution >= 4 is 27.4 Å². The number of aryl methyl sites for hydroxylation is 1. The molecule has 0 aliphatic carbocycles. The summed E-state index contributed by atoms with van der Waals surface area (Å²) in [7, 11) is -0.236. The maximum atomic E-state index is 12.1. The minimum atomic E-state index is -3.68. The third kappa shape index (κ3) is 3.09. The fourth-order valence-electron chi connectivity index (χ4n) is 1.56. The SMILES string of the molecule is CNc1ncc(S(=O)(=O)NCc2nccn2C)cc1Cl. The highest BCUT2D eigenvalue weighted by Crippen LogP contribution is 2.21. The summed E-state index contributed by atoms with van der Waals surface area (Å²) in [6, 6.07) is 1.35. The Morgan fingerprint density at radius 2 is 2.15 bits per heavy atom. The molecule has 0 amide bonds. The molecule has 0 fully saturated rings. The van der Waals surface area contributed by atoms with Crippen LogP contribution in [-0.2, 0) is 23.6 Å². The van der Waals surface area contributed by atoms with E-state index in [-0.39, 0.29) is 16.5 Å². The lowest BCUT2D eigenvalue weighted by Crippen LogP contribution is -2.25. The number of aromatic nitrogens is 3. The van der Waals surface area contributed by atoms with Gasteiger partial charge in [0.25, 0.3) is 0 Å².